The number of carbonyl (C=O) groups is 1. The third-order valence-electron chi connectivity index (χ3n) is 4.13. The largest absolute Gasteiger partial charge is 0.340 e. The molecule has 106 valence electrons. The van der Waals surface area contributed by atoms with Gasteiger partial charge in [0.15, 0.2) is 0 Å². The van der Waals surface area contributed by atoms with Crippen molar-refractivity contribution in [2.24, 2.45) is 0 Å². The predicted octanol–water partition coefficient (Wildman–Crippen LogP) is 3.28. The molecule has 1 aliphatic rings. The van der Waals surface area contributed by atoms with Gasteiger partial charge in [0.25, 0.3) is 0 Å². The fourth-order valence-electron chi connectivity index (χ4n) is 2.89. The summed E-state index contributed by atoms with van der Waals surface area (Å²) in [4.78, 5) is 14.4. The molecule has 0 aliphatic carbocycles. The molecule has 2 rings (SSSR count). The Balaban J connectivity index is 1.89. The molecular weight excluding hydrogens is 248 g/mol. The van der Waals surface area contributed by atoms with Crippen molar-refractivity contribution in [3.8, 4) is 6.07 Å². The van der Waals surface area contributed by atoms with Crippen molar-refractivity contribution in [3.63, 3.8) is 0 Å². The number of likely N-dealkylation sites (tertiary alicyclic amines) is 1. The van der Waals surface area contributed by atoms with Crippen molar-refractivity contribution in [3.05, 3.63) is 35.4 Å². The number of hydrogen-bond donors (Lipinski definition) is 0. The Kier molecular flexibility index (Phi) is 5.17. The molecule has 1 aromatic carbocycles. The van der Waals surface area contributed by atoms with Gasteiger partial charge in [0.1, 0.15) is 0 Å². The Labute approximate surface area is 121 Å². The third kappa shape index (κ3) is 3.60. The molecule has 0 N–H and O–H groups in total. The maximum atomic E-state index is 12.3. The summed E-state index contributed by atoms with van der Waals surface area (Å²) in [5.41, 5.74) is 1.80. The number of piperidine rings is 1. The van der Waals surface area contributed by atoms with Gasteiger partial charge in [-0.3, -0.25) is 4.79 Å². The highest BCUT2D eigenvalue weighted by Crippen LogP contribution is 2.20. The van der Waals surface area contributed by atoms with Gasteiger partial charge < -0.3 is 4.90 Å². The minimum absolute atomic E-state index is 0.279. The molecule has 1 amide bonds. The molecule has 1 saturated heterocycles. The van der Waals surface area contributed by atoms with E-state index < -0.39 is 0 Å². The van der Waals surface area contributed by atoms with Gasteiger partial charge in [-0.2, -0.15) is 5.26 Å². The number of nitrogens with zero attached hydrogens (tertiary/aromatic N) is 2. The molecule has 0 aromatic heterocycles. The van der Waals surface area contributed by atoms with Gasteiger partial charge in [0, 0.05) is 19.0 Å². The molecule has 0 spiro atoms. The van der Waals surface area contributed by atoms with Crippen LogP contribution in [0.3, 0.4) is 0 Å². The summed E-state index contributed by atoms with van der Waals surface area (Å²) in [5.74, 6) is 0.279. The van der Waals surface area contributed by atoms with Crippen LogP contribution in [-0.2, 0) is 11.2 Å². The second kappa shape index (κ2) is 7.09. The zero-order valence-electron chi connectivity index (χ0n) is 12.1. The molecule has 0 bridgehead atoms. The standard InChI is InChI=1S/C17H22N2O/c1-2-16-5-3-4-12-19(16)17(20)11-10-14-6-8-15(13-18)9-7-14/h6-9,16H,2-5,10-12H2,1H3. The molecule has 1 aromatic rings. The van der Waals surface area contributed by atoms with E-state index in [2.05, 4.69) is 17.9 Å². The Bertz CT molecular complexity index is 487. The van der Waals surface area contributed by atoms with E-state index in [-0.39, 0.29) is 5.91 Å². The van der Waals surface area contributed by atoms with Crippen LogP contribution in [0.5, 0.6) is 0 Å². The molecule has 3 heteroatoms. The van der Waals surface area contributed by atoms with E-state index in [1.807, 2.05) is 24.3 Å². The van der Waals surface area contributed by atoms with E-state index in [0.717, 1.165) is 37.8 Å². The average molecular weight is 270 g/mol. The van der Waals surface area contributed by atoms with Crippen molar-refractivity contribution >= 4 is 5.91 Å². The van der Waals surface area contributed by atoms with Crippen LogP contribution in [0.4, 0.5) is 0 Å². The summed E-state index contributed by atoms with van der Waals surface area (Å²) in [6.45, 7) is 3.08. The zero-order chi connectivity index (χ0) is 14.4. The van der Waals surface area contributed by atoms with E-state index >= 15 is 0 Å². The van der Waals surface area contributed by atoms with E-state index in [1.54, 1.807) is 0 Å². The summed E-state index contributed by atoms with van der Waals surface area (Å²) < 4.78 is 0. The second-order valence-electron chi connectivity index (χ2n) is 5.45. The molecule has 1 fully saturated rings. The van der Waals surface area contributed by atoms with Crippen molar-refractivity contribution in [2.45, 2.75) is 51.5 Å². The van der Waals surface area contributed by atoms with E-state index in [4.69, 9.17) is 5.26 Å². The fraction of sp³-hybridized carbons (Fsp3) is 0.529. The van der Waals surface area contributed by atoms with Gasteiger partial charge in [-0.25, -0.2) is 0 Å². The molecule has 0 saturated carbocycles. The highest BCUT2D eigenvalue weighted by Gasteiger charge is 2.24. The minimum atomic E-state index is 0.279. The quantitative estimate of drug-likeness (QED) is 0.842. The van der Waals surface area contributed by atoms with Crippen LogP contribution >= 0.6 is 0 Å². The molecule has 20 heavy (non-hydrogen) atoms. The Morgan fingerprint density at radius 3 is 2.75 bits per heavy atom. The first-order valence-electron chi connectivity index (χ1n) is 7.53. The molecular formula is C17H22N2O. The van der Waals surface area contributed by atoms with Gasteiger partial charge in [-0.1, -0.05) is 19.1 Å². The first kappa shape index (κ1) is 14.6. The van der Waals surface area contributed by atoms with Gasteiger partial charge in [-0.15, -0.1) is 0 Å². The number of benzene rings is 1. The maximum Gasteiger partial charge on any atom is 0.223 e. The lowest BCUT2D eigenvalue weighted by atomic mass is 9.99. The van der Waals surface area contributed by atoms with Gasteiger partial charge in [-0.05, 0) is 49.8 Å². The van der Waals surface area contributed by atoms with Gasteiger partial charge >= 0.3 is 0 Å². The van der Waals surface area contributed by atoms with Crippen molar-refractivity contribution in [1.29, 1.82) is 5.26 Å². The first-order valence-corrected chi connectivity index (χ1v) is 7.53. The fourth-order valence-corrected chi connectivity index (χ4v) is 2.89. The second-order valence-corrected chi connectivity index (χ2v) is 5.45. The Morgan fingerprint density at radius 2 is 2.10 bits per heavy atom. The third-order valence-corrected chi connectivity index (χ3v) is 4.13. The zero-order valence-corrected chi connectivity index (χ0v) is 12.1. The molecule has 1 atom stereocenters. The van der Waals surface area contributed by atoms with E-state index in [9.17, 15) is 4.79 Å². The minimum Gasteiger partial charge on any atom is -0.340 e. The summed E-state index contributed by atoms with van der Waals surface area (Å²) in [5, 5.41) is 8.76. The smallest absolute Gasteiger partial charge is 0.223 e. The number of rotatable bonds is 4. The normalized spacial score (nSPS) is 18.6. The summed E-state index contributed by atoms with van der Waals surface area (Å²) >= 11 is 0. The summed E-state index contributed by atoms with van der Waals surface area (Å²) in [6, 6.07) is 10.1. The maximum absolute atomic E-state index is 12.3. The molecule has 3 nitrogen and oxygen atoms in total. The van der Waals surface area contributed by atoms with Crippen molar-refractivity contribution in [1.82, 2.24) is 4.90 Å². The molecule has 0 radical (unpaired) electrons. The highest BCUT2D eigenvalue weighted by atomic mass is 16.2. The van der Waals surface area contributed by atoms with Crippen LogP contribution in [0, 0.1) is 11.3 Å². The Hall–Kier alpha value is -1.82. The average Bonchev–Trinajstić information content (AvgIpc) is 2.53. The number of carbonyl (C=O) groups excluding carboxylic acids is 1. The summed E-state index contributed by atoms with van der Waals surface area (Å²) in [6.07, 6.45) is 5.93. The molecule has 1 aliphatic heterocycles. The predicted molar refractivity (Wildman–Crippen MR) is 79.1 cm³/mol. The van der Waals surface area contributed by atoms with Crippen LogP contribution in [0.15, 0.2) is 24.3 Å². The number of hydrogen-bond acceptors (Lipinski definition) is 2. The van der Waals surface area contributed by atoms with Crippen LogP contribution in [0.2, 0.25) is 0 Å². The van der Waals surface area contributed by atoms with Crippen molar-refractivity contribution < 1.29 is 4.79 Å². The van der Waals surface area contributed by atoms with Crippen molar-refractivity contribution in [2.75, 3.05) is 6.54 Å². The number of nitriles is 1. The van der Waals surface area contributed by atoms with E-state index in [0.29, 0.717) is 18.0 Å². The molecule has 1 unspecified atom stereocenters. The van der Waals surface area contributed by atoms with Crippen LogP contribution in [0.25, 0.3) is 0 Å². The first-order chi connectivity index (χ1) is 9.74. The number of aryl methyl sites for hydroxylation is 1. The van der Waals surface area contributed by atoms with Crippen LogP contribution in [0.1, 0.15) is 50.2 Å². The van der Waals surface area contributed by atoms with Crippen LogP contribution < -0.4 is 0 Å². The monoisotopic (exact) mass is 270 g/mol. The van der Waals surface area contributed by atoms with Gasteiger partial charge in [0.05, 0.1) is 11.6 Å². The topological polar surface area (TPSA) is 44.1 Å². The highest BCUT2D eigenvalue weighted by molar-refractivity contribution is 5.76. The van der Waals surface area contributed by atoms with E-state index in [1.165, 1.54) is 6.42 Å². The number of amides is 1. The lowest BCUT2D eigenvalue weighted by molar-refractivity contribution is -0.134. The lowest BCUT2D eigenvalue weighted by Crippen LogP contribution is -2.43. The van der Waals surface area contributed by atoms with Gasteiger partial charge in [0.2, 0.25) is 5.91 Å². The lowest BCUT2D eigenvalue weighted by Gasteiger charge is -2.35. The Morgan fingerprint density at radius 1 is 1.35 bits per heavy atom. The SMILES string of the molecule is CCC1CCCCN1C(=O)CCc1ccc(C#N)cc1. The summed E-state index contributed by atoms with van der Waals surface area (Å²) in [7, 11) is 0. The van der Waals surface area contributed by atoms with Crippen LogP contribution in [-0.4, -0.2) is 23.4 Å². The molecule has 1 heterocycles.